The number of hydrogen-bond donors (Lipinski definition) is 1. The van der Waals surface area contributed by atoms with Crippen molar-refractivity contribution in [2.75, 3.05) is 30.8 Å². The van der Waals surface area contributed by atoms with Crippen LogP contribution >= 0.6 is 31.9 Å². The first-order valence-electron chi connectivity index (χ1n) is 11.3. The summed E-state index contributed by atoms with van der Waals surface area (Å²) < 4.78 is 32.6. The molecular weight excluding hydrogens is 612 g/mol. The first kappa shape index (κ1) is 25.0. The van der Waals surface area contributed by atoms with Crippen LogP contribution in [0.1, 0.15) is 17.0 Å². The molecule has 1 atom stereocenters. The van der Waals surface area contributed by atoms with Crippen LogP contribution in [0.5, 0.6) is 0 Å². The molecule has 5 rings (SSSR count). The highest BCUT2D eigenvalue weighted by molar-refractivity contribution is 9.13. The number of benzene rings is 3. The Kier molecular flexibility index (Phi) is 6.93. The summed E-state index contributed by atoms with van der Waals surface area (Å²) in [6.07, 6.45) is -0.629. The van der Waals surface area contributed by atoms with Gasteiger partial charge in [-0.3, -0.25) is 4.79 Å². The number of carbonyl (C=O) groups excluding carboxylic acids is 2. The van der Waals surface area contributed by atoms with Crippen molar-refractivity contribution in [2.45, 2.75) is 11.2 Å². The molecule has 7 nitrogen and oxygen atoms in total. The Hall–Kier alpha value is -2.69. The summed E-state index contributed by atoms with van der Waals surface area (Å²) in [7, 11) is -3.72. The van der Waals surface area contributed by atoms with E-state index in [2.05, 4.69) is 49.3 Å². The zero-order chi connectivity index (χ0) is 25.4. The highest BCUT2D eigenvalue weighted by Gasteiger charge is 2.41. The lowest BCUT2D eigenvalue weighted by molar-refractivity contribution is -0.116. The van der Waals surface area contributed by atoms with E-state index in [0.717, 1.165) is 26.7 Å². The van der Waals surface area contributed by atoms with E-state index in [1.54, 1.807) is 18.2 Å². The molecule has 1 fully saturated rings. The van der Waals surface area contributed by atoms with Gasteiger partial charge in [0.05, 0.1) is 5.75 Å². The van der Waals surface area contributed by atoms with Gasteiger partial charge in [0.1, 0.15) is 6.61 Å². The number of fused-ring (bicyclic) bond motifs is 3. The maximum absolute atomic E-state index is 13.0. The van der Waals surface area contributed by atoms with Gasteiger partial charge in [0.15, 0.2) is 15.1 Å². The van der Waals surface area contributed by atoms with Gasteiger partial charge in [-0.2, -0.15) is 0 Å². The minimum Gasteiger partial charge on any atom is -0.448 e. The number of amides is 2. The predicted octanol–water partition coefficient (Wildman–Crippen LogP) is 5.20. The molecule has 0 bridgehead atoms. The highest BCUT2D eigenvalue weighted by Crippen LogP contribution is 2.44. The van der Waals surface area contributed by atoms with E-state index >= 15 is 0 Å². The Bertz CT molecular complexity index is 1410. The quantitative estimate of drug-likeness (QED) is 0.427. The number of nitrogens with zero attached hydrogens (tertiary/aromatic N) is 1. The average molecular weight is 634 g/mol. The van der Waals surface area contributed by atoms with Crippen LogP contribution in [0.2, 0.25) is 0 Å². The van der Waals surface area contributed by atoms with Crippen LogP contribution in [0, 0.1) is 0 Å². The van der Waals surface area contributed by atoms with Gasteiger partial charge in [0, 0.05) is 33.6 Å². The Morgan fingerprint density at radius 2 is 1.58 bits per heavy atom. The standard InChI is InChI=1S/C26H22Br2N2O5S/c27-22-10-9-16(13-23(22)28)29-25(31)24-14-30(11-12-36(24,33)34)26(32)35-15-21-19-7-3-1-5-17(19)18-6-2-4-8-20(18)21/h1-10,13,21,24H,11-12,14-15H2,(H,29,31). The molecule has 2 aliphatic rings. The van der Waals surface area contributed by atoms with Crippen molar-refractivity contribution in [1.29, 1.82) is 0 Å². The van der Waals surface area contributed by atoms with Crippen LogP contribution in [0.25, 0.3) is 11.1 Å². The molecule has 3 aromatic carbocycles. The fraction of sp³-hybridized carbons (Fsp3) is 0.231. The molecule has 3 aromatic rings. The lowest BCUT2D eigenvalue weighted by Crippen LogP contribution is -2.53. The van der Waals surface area contributed by atoms with Crippen molar-refractivity contribution in [2.24, 2.45) is 0 Å². The number of ether oxygens (including phenoxy) is 1. The van der Waals surface area contributed by atoms with Gasteiger partial charge in [-0.05, 0) is 72.3 Å². The Labute approximate surface area is 226 Å². The van der Waals surface area contributed by atoms with E-state index in [-0.39, 0.29) is 31.4 Å². The number of halogens is 2. The molecular formula is C26H22Br2N2O5S. The SMILES string of the molecule is O=C(Nc1ccc(Br)c(Br)c1)C1CN(C(=O)OCC2c3ccccc3-c3ccccc32)CCS1(=O)=O. The average Bonchev–Trinajstić information content (AvgIpc) is 3.18. The molecule has 2 amide bonds. The molecule has 1 aliphatic heterocycles. The number of hydrogen-bond acceptors (Lipinski definition) is 5. The van der Waals surface area contributed by atoms with Crippen molar-refractivity contribution in [3.63, 3.8) is 0 Å². The number of carbonyl (C=O) groups is 2. The second-order valence-corrected chi connectivity index (χ2v) is 12.7. The topological polar surface area (TPSA) is 92.8 Å². The summed E-state index contributed by atoms with van der Waals surface area (Å²) in [4.78, 5) is 27.2. The molecule has 10 heteroatoms. The summed E-state index contributed by atoms with van der Waals surface area (Å²) >= 11 is 6.72. The molecule has 0 radical (unpaired) electrons. The molecule has 36 heavy (non-hydrogen) atoms. The fourth-order valence-corrected chi connectivity index (χ4v) is 6.86. The Balaban J connectivity index is 1.27. The first-order valence-corrected chi connectivity index (χ1v) is 14.6. The van der Waals surface area contributed by atoms with Crippen molar-refractivity contribution in [1.82, 2.24) is 4.90 Å². The van der Waals surface area contributed by atoms with E-state index in [1.807, 2.05) is 36.4 Å². The second-order valence-electron chi connectivity index (χ2n) is 8.72. The van der Waals surface area contributed by atoms with Gasteiger partial charge in [0.2, 0.25) is 5.91 Å². The predicted molar refractivity (Wildman–Crippen MR) is 145 cm³/mol. The summed E-state index contributed by atoms with van der Waals surface area (Å²) in [5, 5.41) is 1.27. The zero-order valence-electron chi connectivity index (χ0n) is 19.0. The molecule has 1 aliphatic carbocycles. The van der Waals surface area contributed by atoms with E-state index in [9.17, 15) is 18.0 Å². The number of anilines is 1. The van der Waals surface area contributed by atoms with Crippen LogP contribution in [-0.2, 0) is 19.4 Å². The van der Waals surface area contributed by atoms with Crippen LogP contribution < -0.4 is 5.32 Å². The van der Waals surface area contributed by atoms with E-state index in [1.165, 1.54) is 4.90 Å². The monoisotopic (exact) mass is 632 g/mol. The van der Waals surface area contributed by atoms with Crippen LogP contribution in [0.15, 0.2) is 75.7 Å². The van der Waals surface area contributed by atoms with E-state index in [4.69, 9.17) is 4.74 Å². The molecule has 1 N–H and O–H groups in total. The lowest BCUT2D eigenvalue weighted by atomic mass is 9.98. The Morgan fingerprint density at radius 3 is 2.22 bits per heavy atom. The maximum atomic E-state index is 13.0. The fourth-order valence-electron chi connectivity index (χ4n) is 4.68. The smallest absolute Gasteiger partial charge is 0.409 e. The minimum absolute atomic E-state index is 0.0212. The molecule has 186 valence electrons. The number of sulfone groups is 1. The zero-order valence-corrected chi connectivity index (χ0v) is 23.0. The van der Waals surface area contributed by atoms with Crippen molar-refractivity contribution >= 4 is 59.4 Å². The third kappa shape index (κ3) is 4.81. The summed E-state index contributed by atoms with van der Waals surface area (Å²) in [5.41, 5.74) is 4.86. The van der Waals surface area contributed by atoms with E-state index < -0.39 is 27.1 Å². The van der Waals surface area contributed by atoms with Crippen LogP contribution in [-0.4, -0.2) is 56.0 Å². The normalized spacial score (nSPS) is 18.3. The second kappa shape index (κ2) is 9.99. The van der Waals surface area contributed by atoms with Crippen molar-refractivity contribution < 1.29 is 22.7 Å². The van der Waals surface area contributed by atoms with Crippen LogP contribution in [0.4, 0.5) is 10.5 Å². The largest absolute Gasteiger partial charge is 0.448 e. The van der Waals surface area contributed by atoms with Crippen molar-refractivity contribution in [3.8, 4) is 11.1 Å². The van der Waals surface area contributed by atoms with Gasteiger partial charge < -0.3 is 15.0 Å². The minimum atomic E-state index is -3.72. The molecule has 0 spiro atoms. The number of rotatable bonds is 4. The summed E-state index contributed by atoms with van der Waals surface area (Å²) in [5.74, 6) is -1.09. The van der Waals surface area contributed by atoms with Crippen LogP contribution in [0.3, 0.4) is 0 Å². The Morgan fingerprint density at radius 1 is 0.944 bits per heavy atom. The summed E-state index contributed by atoms with van der Waals surface area (Å²) in [6.45, 7) is -0.158. The van der Waals surface area contributed by atoms with Gasteiger partial charge in [-0.1, -0.05) is 48.5 Å². The molecule has 0 saturated carbocycles. The highest BCUT2D eigenvalue weighted by atomic mass is 79.9. The third-order valence-electron chi connectivity index (χ3n) is 6.54. The third-order valence-corrected chi connectivity index (χ3v) is 10.4. The molecule has 1 heterocycles. The van der Waals surface area contributed by atoms with Gasteiger partial charge >= 0.3 is 6.09 Å². The van der Waals surface area contributed by atoms with Crippen molar-refractivity contribution in [3.05, 3.63) is 86.8 Å². The van der Waals surface area contributed by atoms with Gasteiger partial charge in [0.25, 0.3) is 0 Å². The van der Waals surface area contributed by atoms with Gasteiger partial charge in [-0.25, -0.2) is 13.2 Å². The maximum Gasteiger partial charge on any atom is 0.409 e. The van der Waals surface area contributed by atoms with Gasteiger partial charge in [-0.15, -0.1) is 0 Å². The molecule has 0 aromatic heterocycles. The lowest BCUT2D eigenvalue weighted by Gasteiger charge is -2.31. The first-order chi connectivity index (χ1) is 17.2. The molecule has 1 unspecified atom stereocenters. The summed E-state index contributed by atoms with van der Waals surface area (Å²) in [6, 6.07) is 21.1. The van der Waals surface area contributed by atoms with E-state index in [0.29, 0.717) is 10.2 Å². The number of nitrogens with one attached hydrogen (secondary N) is 1. The molecule has 1 saturated heterocycles.